The van der Waals surface area contributed by atoms with Crippen LogP contribution in [0.1, 0.15) is 32.6 Å². The second kappa shape index (κ2) is 5.58. The van der Waals surface area contributed by atoms with Gasteiger partial charge in [0.2, 0.25) is 0 Å². The molecule has 0 aromatic heterocycles. The van der Waals surface area contributed by atoms with Crippen LogP contribution in [0.25, 0.3) is 0 Å². The van der Waals surface area contributed by atoms with Gasteiger partial charge in [0, 0.05) is 6.42 Å². The Bertz CT molecular complexity index is 243. The lowest BCUT2D eigenvalue weighted by Gasteiger charge is -2.18. The highest BCUT2D eigenvalue weighted by molar-refractivity contribution is 5.99. The standard InChI is InChI=1S/C11H16O3/c1-2-3-8-14-11(13)9-6-4-5-7-10(9)12/h2-3,9H,4-8H2,1H3. The third-order valence-electron chi connectivity index (χ3n) is 2.40. The molecule has 1 rings (SSSR count). The quantitative estimate of drug-likeness (QED) is 0.393. The molecule has 1 unspecified atom stereocenters. The minimum absolute atomic E-state index is 0.0433. The van der Waals surface area contributed by atoms with Gasteiger partial charge >= 0.3 is 5.97 Å². The Morgan fingerprint density at radius 3 is 3.00 bits per heavy atom. The highest BCUT2D eigenvalue weighted by Crippen LogP contribution is 2.21. The Kier molecular flexibility index (Phi) is 4.36. The average Bonchev–Trinajstić information content (AvgIpc) is 2.18. The molecule has 0 aromatic rings. The number of esters is 1. The normalized spacial score (nSPS) is 22.6. The van der Waals surface area contributed by atoms with Crippen molar-refractivity contribution >= 4 is 11.8 Å². The van der Waals surface area contributed by atoms with Crippen LogP contribution in [0, 0.1) is 5.92 Å². The highest BCUT2D eigenvalue weighted by Gasteiger charge is 2.29. The van der Waals surface area contributed by atoms with Crippen molar-refractivity contribution in [2.45, 2.75) is 32.6 Å². The van der Waals surface area contributed by atoms with Gasteiger partial charge in [-0.25, -0.2) is 0 Å². The van der Waals surface area contributed by atoms with Gasteiger partial charge in [0.15, 0.2) is 0 Å². The number of hydrogen-bond acceptors (Lipinski definition) is 3. The molecule has 1 saturated carbocycles. The third-order valence-corrected chi connectivity index (χ3v) is 2.40. The Morgan fingerprint density at radius 1 is 1.57 bits per heavy atom. The molecular weight excluding hydrogens is 180 g/mol. The number of allylic oxidation sites excluding steroid dienone is 1. The van der Waals surface area contributed by atoms with E-state index in [0.29, 0.717) is 12.8 Å². The molecule has 0 radical (unpaired) electrons. The fourth-order valence-electron chi connectivity index (χ4n) is 1.56. The van der Waals surface area contributed by atoms with Crippen molar-refractivity contribution in [2.75, 3.05) is 6.61 Å². The number of rotatable bonds is 3. The molecule has 1 aliphatic rings. The van der Waals surface area contributed by atoms with Crippen molar-refractivity contribution in [3.05, 3.63) is 12.2 Å². The molecule has 0 amide bonds. The van der Waals surface area contributed by atoms with Crippen LogP contribution < -0.4 is 0 Å². The first-order chi connectivity index (χ1) is 6.75. The Labute approximate surface area is 84.1 Å². The van der Waals surface area contributed by atoms with E-state index >= 15 is 0 Å². The molecule has 78 valence electrons. The number of hydrogen-bond donors (Lipinski definition) is 0. The van der Waals surface area contributed by atoms with Crippen molar-refractivity contribution in [3.63, 3.8) is 0 Å². The van der Waals surface area contributed by atoms with E-state index < -0.39 is 5.92 Å². The number of ether oxygens (including phenoxy) is 1. The van der Waals surface area contributed by atoms with E-state index in [0.717, 1.165) is 12.8 Å². The van der Waals surface area contributed by atoms with Gasteiger partial charge in [-0.1, -0.05) is 18.6 Å². The van der Waals surface area contributed by atoms with Gasteiger partial charge < -0.3 is 4.74 Å². The van der Waals surface area contributed by atoms with Crippen LogP contribution >= 0.6 is 0 Å². The van der Waals surface area contributed by atoms with Crippen LogP contribution in [0.4, 0.5) is 0 Å². The minimum Gasteiger partial charge on any atom is -0.461 e. The van der Waals surface area contributed by atoms with E-state index in [9.17, 15) is 9.59 Å². The summed E-state index contributed by atoms with van der Waals surface area (Å²) in [7, 11) is 0. The number of carbonyl (C=O) groups excluding carboxylic acids is 2. The Balaban J connectivity index is 2.38. The van der Waals surface area contributed by atoms with Gasteiger partial charge in [-0.3, -0.25) is 9.59 Å². The molecule has 0 aromatic carbocycles. The van der Waals surface area contributed by atoms with Gasteiger partial charge in [0.25, 0.3) is 0 Å². The first kappa shape index (κ1) is 11.0. The fourth-order valence-corrected chi connectivity index (χ4v) is 1.56. The third kappa shape index (κ3) is 2.98. The molecule has 1 fully saturated rings. The molecule has 0 heterocycles. The summed E-state index contributed by atoms with van der Waals surface area (Å²) in [5, 5.41) is 0. The summed E-state index contributed by atoms with van der Waals surface area (Å²) in [6.07, 6.45) is 6.63. The fraction of sp³-hybridized carbons (Fsp3) is 0.636. The molecule has 3 nitrogen and oxygen atoms in total. The molecule has 0 bridgehead atoms. The van der Waals surface area contributed by atoms with Crippen LogP contribution in [-0.4, -0.2) is 18.4 Å². The van der Waals surface area contributed by atoms with Crippen molar-refractivity contribution in [1.29, 1.82) is 0 Å². The topological polar surface area (TPSA) is 43.4 Å². The van der Waals surface area contributed by atoms with Gasteiger partial charge in [-0.15, -0.1) is 0 Å². The van der Waals surface area contributed by atoms with Crippen LogP contribution in [0.5, 0.6) is 0 Å². The number of Topliss-reactive ketones (excluding diaryl/α,β-unsaturated/α-hetero) is 1. The summed E-state index contributed by atoms with van der Waals surface area (Å²) in [4.78, 5) is 22.8. The summed E-state index contributed by atoms with van der Waals surface area (Å²) < 4.78 is 4.95. The Hall–Kier alpha value is -1.12. The molecule has 3 heteroatoms. The first-order valence-electron chi connectivity index (χ1n) is 5.06. The largest absolute Gasteiger partial charge is 0.461 e. The van der Waals surface area contributed by atoms with Crippen LogP contribution in [-0.2, 0) is 14.3 Å². The predicted molar refractivity (Wildman–Crippen MR) is 52.7 cm³/mol. The van der Waals surface area contributed by atoms with Crippen molar-refractivity contribution < 1.29 is 14.3 Å². The summed E-state index contributed by atoms with van der Waals surface area (Å²) in [5.41, 5.74) is 0. The molecule has 14 heavy (non-hydrogen) atoms. The first-order valence-corrected chi connectivity index (χ1v) is 5.06. The SMILES string of the molecule is CC=CCOC(=O)C1CCCCC1=O. The van der Waals surface area contributed by atoms with Gasteiger partial charge in [-0.2, -0.15) is 0 Å². The van der Waals surface area contributed by atoms with Gasteiger partial charge in [-0.05, 0) is 19.8 Å². The molecule has 1 aliphatic carbocycles. The van der Waals surface area contributed by atoms with E-state index in [1.165, 1.54) is 0 Å². The van der Waals surface area contributed by atoms with Crippen molar-refractivity contribution in [2.24, 2.45) is 5.92 Å². The second-order valence-corrected chi connectivity index (χ2v) is 3.46. The highest BCUT2D eigenvalue weighted by atomic mass is 16.5. The summed E-state index contributed by atoms with van der Waals surface area (Å²) >= 11 is 0. The Morgan fingerprint density at radius 2 is 2.36 bits per heavy atom. The molecule has 1 atom stereocenters. The lowest BCUT2D eigenvalue weighted by molar-refractivity contribution is -0.152. The maximum atomic E-state index is 11.4. The summed E-state index contributed by atoms with van der Waals surface area (Å²) in [5.74, 6) is -0.802. The smallest absolute Gasteiger partial charge is 0.316 e. The molecule has 0 spiro atoms. The summed E-state index contributed by atoms with van der Waals surface area (Å²) in [6, 6.07) is 0. The van der Waals surface area contributed by atoms with Crippen LogP contribution in [0.15, 0.2) is 12.2 Å². The van der Waals surface area contributed by atoms with Crippen LogP contribution in [0.3, 0.4) is 0 Å². The van der Waals surface area contributed by atoms with Gasteiger partial charge in [0.1, 0.15) is 18.3 Å². The zero-order valence-electron chi connectivity index (χ0n) is 8.49. The second-order valence-electron chi connectivity index (χ2n) is 3.46. The summed E-state index contributed by atoms with van der Waals surface area (Å²) in [6.45, 7) is 2.14. The molecule has 0 N–H and O–H groups in total. The monoisotopic (exact) mass is 196 g/mol. The minimum atomic E-state index is -0.492. The predicted octanol–water partition coefficient (Wildman–Crippen LogP) is 1.86. The van der Waals surface area contributed by atoms with Crippen molar-refractivity contribution in [1.82, 2.24) is 0 Å². The zero-order chi connectivity index (χ0) is 10.4. The maximum absolute atomic E-state index is 11.4. The van der Waals surface area contributed by atoms with Gasteiger partial charge in [0.05, 0.1) is 0 Å². The van der Waals surface area contributed by atoms with E-state index in [4.69, 9.17) is 4.74 Å². The lowest BCUT2D eigenvalue weighted by Crippen LogP contribution is -2.28. The molecule has 0 aliphatic heterocycles. The maximum Gasteiger partial charge on any atom is 0.316 e. The van der Waals surface area contributed by atoms with Crippen molar-refractivity contribution in [3.8, 4) is 0 Å². The lowest BCUT2D eigenvalue weighted by atomic mass is 9.88. The number of carbonyl (C=O) groups is 2. The number of ketones is 1. The zero-order valence-corrected chi connectivity index (χ0v) is 8.49. The van der Waals surface area contributed by atoms with E-state index in [2.05, 4.69) is 0 Å². The molecular formula is C11H16O3. The van der Waals surface area contributed by atoms with E-state index in [1.807, 2.05) is 13.0 Å². The molecule has 0 saturated heterocycles. The van der Waals surface area contributed by atoms with Crippen LogP contribution in [0.2, 0.25) is 0 Å². The average molecular weight is 196 g/mol. The van der Waals surface area contributed by atoms with E-state index in [1.54, 1.807) is 6.08 Å². The van der Waals surface area contributed by atoms with E-state index in [-0.39, 0.29) is 18.4 Å².